The van der Waals surface area contributed by atoms with Gasteiger partial charge in [-0.1, -0.05) is 188 Å². The predicted octanol–water partition coefficient (Wildman–Crippen LogP) is 12.9. The fourth-order valence-electron chi connectivity index (χ4n) is 5.11. The molecule has 1 N–H and O–H groups in total. The molecule has 0 aliphatic heterocycles. The van der Waals surface area contributed by atoms with Gasteiger partial charge in [0.25, 0.3) is 0 Å². The standard InChI is InChI=1S/C20H42O.C17H34O3/c1-3-5-7-9-11-12-13-15-17-19-20(21)18-16-14-10-8-6-4-2;1-3-5-7-9-11-13-15-19-17(18)20-16-14-12-10-8-6-4-2/h20-21H,3-19H2,1-2H3;3-16H2,1-2H3. The average molecular weight is 585 g/mol. The molecule has 4 heteroatoms. The molecule has 0 aliphatic carbocycles. The van der Waals surface area contributed by atoms with Crippen LogP contribution in [0.25, 0.3) is 0 Å². The van der Waals surface area contributed by atoms with Gasteiger partial charge in [-0.05, 0) is 25.7 Å². The zero-order valence-electron chi connectivity index (χ0n) is 28.7. The summed E-state index contributed by atoms with van der Waals surface area (Å²) in [6.45, 7) is 9.96. The Bertz CT molecular complexity index is 448. The van der Waals surface area contributed by atoms with Crippen molar-refractivity contribution in [2.75, 3.05) is 13.2 Å². The zero-order chi connectivity index (χ0) is 30.5. The van der Waals surface area contributed by atoms with Crippen molar-refractivity contribution in [3.05, 3.63) is 0 Å². The molecule has 0 spiro atoms. The molecule has 41 heavy (non-hydrogen) atoms. The molecule has 0 aliphatic rings. The van der Waals surface area contributed by atoms with E-state index in [9.17, 15) is 9.90 Å². The van der Waals surface area contributed by atoms with Crippen LogP contribution in [0.5, 0.6) is 0 Å². The number of carbonyl (C=O) groups is 1. The van der Waals surface area contributed by atoms with Gasteiger partial charge in [-0.3, -0.25) is 0 Å². The van der Waals surface area contributed by atoms with E-state index in [0.29, 0.717) is 13.2 Å². The Hall–Kier alpha value is -0.770. The highest BCUT2D eigenvalue weighted by Gasteiger charge is 2.04. The fourth-order valence-corrected chi connectivity index (χ4v) is 5.11. The van der Waals surface area contributed by atoms with Gasteiger partial charge in [0.15, 0.2) is 0 Å². The number of hydrogen-bond donors (Lipinski definition) is 1. The van der Waals surface area contributed by atoms with Crippen LogP contribution >= 0.6 is 0 Å². The Morgan fingerprint density at radius 2 is 0.659 bits per heavy atom. The quantitative estimate of drug-likeness (QED) is 0.0650. The van der Waals surface area contributed by atoms with Crippen molar-refractivity contribution < 1.29 is 19.4 Å². The summed E-state index contributed by atoms with van der Waals surface area (Å²) in [6, 6.07) is 0. The topological polar surface area (TPSA) is 55.8 Å². The predicted molar refractivity (Wildman–Crippen MR) is 180 cm³/mol. The molecule has 248 valence electrons. The number of rotatable bonds is 31. The van der Waals surface area contributed by atoms with Crippen molar-refractivity contribution in [2.45, 2.75) is 220 Å². The highest BCUT2D eigenvalue weighted by molar-refractivity contribution is 5.59. The molecule has 4 nitrogen and oxygen atoms in total. The Morgan fingerprint density at radius 1 is 0.415 bits per heavy atom. The second-order valence-electron chi connectivity index (χ2n) is 12.3. The maximum absolute atomic E-state index is 11.3. The summed E-state index contributed by atoms with van der Waals surface area (Å²) in [6.07, 6.45) is 36.3. The SMILES string of the molecule is CCCCCCCCCCCC(O)CCCCCCCC.CCCCCCCCOC(=O)OCCCCCCCC. The molecule has 0 aromatic heterocycles. The molecule has 0 aromatic carbocycles. The number of carbonyl (C=O) groups excluding carboxylic acids is 1. The van der Waals surface area contributed by atoms with Gasteiger partial charge in [0.05, 0.1) is 19.3 Å². The normalized spacial score (nSPS) is 11.6. The summed E-state index contributed by atoms with van der Waals surface area (Å²) < 4.78 is 10.1. The Balaban J connectivity index is 0. The van der Waals surface area contributed by atoms with E-state index in [2.05, 4.69) is 27.7 Å². The number of unbranched alkanes of at least 4 members (excludes halogenated alkanes) is 23. The van der Waals surface area contributed by atoms with Crippen molar-refractivity contribution in [2.24, 2.45) is 0 Å². The first-order valence-electron chi connectivity index (χ1n) is 18.6. The summed E-state index contributed by atoms with van der Waals surface area (Å²) in [7, 11) is 0. The van der Waals surface area contributed by atoms with E-state index in [-0.39, 0.29) is 6.10 Å². The minimum absolute atomic E-state index is 0.0271. The second-order valence-corrected chi connectivity index (χ2v) is 12.3. The third kappa shape index (κ3) is 41.4. The molecule has 0 fully saturated rings. The highest BCUT2D eigenvalue weighted by Crippen LogP contribution is 2.15. The second kappa shape index (κ2) is 39.2. The number of hydrogen-bond acceptors (Lipinski definition) is 4. The van der Waals surface area contributed by atoms with Crippen LogP contribution in [0.2, 0.25) is 0 Å². The van der Waals surface area contributed by atoms with E-state index in [1.807, 2.05) is 0 Å². The highest BCUT2D eigenvalue weighted by atomic mass is 16.7. The van der Waals surface area contributed by atoms with Gasteiger partial charge in [-0.2, -0.15) is 0 Å². The van der Waals surface area contributed by atoms with E-state index in [1.165, 1.54) is 148 Å². The minimum atomic E-state index is -0.493. The molecular weight excluding hydrogens is 508 g/mol. The summed E-state index contributed by atoms with van der Waals surface area (Å²) in [5.41, 5.74) is 0. The number of aliphatic hydroxyl groups is 1. The van der Waals surface area contributed by atoms with Gasteiger partial charge < -0.3 is 14.6 Å². The monoisotopic (exact) mass is 585 g/mol. The van der Waals surface area contributed by atoms with Gasteiger partial charge in [0.1, 0.15) is 0 Å². The number of aliphatic hydroxyl groups excluding tert-OH is 1. The maximum atomic E-state index is 11.3. The van der Waals surface area contributed by atoms with Gasteiger partial charge in [0.2, 0.25) is 0 Å². The van der Waals surface area contributed by atoms with Crippen LogP contribution in [0, 0.1) is 0 Å². The van der Waals surface area contributed by atoms with Crippen LogP contribution in [-0.2, 0) is 9.47 Å². The summed E-state index contributed by atoms with van der Waals surface area (Å²) in [5.74, 6) is 0. The average Bonchev–Trinajstić information content (AvgIpc) is 2.97. The largest absolute Gasteiger partial charge is 0.508 e. The van der Waals surface area contributed by atoms with Crippen LogP contribution in [0.15, 0.2) is 0 Å². The smallest absolute Gasteiger partial charge is 0.434 e. The molecule has 0 radical (unpaired) electrons. The first kappa shape index (κ1) is 42.4. The third-order valence-corrected chi connectivity index (χ3v) is 7.97. The Morgan fingerprint density at radius 3 is 0.951 bits per heavy atom. The first-order valence-corrected chi connectivity index (χ1v) is 18.6. The van der Waals surface area contributed by atoms with Gasteiger partial charge in [0, 0.05) is 0 Å². The van der Waals surface area contributed by atoms with Gasteiger partial charge in [-0.25, -0.2) is 4.79 Å². The van der Waals surface area contributed by atoms with Crippen LogP contribution in [-0.4, -0.2) is 30.6 Å². The van der Waals surface area contributed by atoms with Crippen LogP contribution in [0.4, 0.5) is 4.79 Å². The Kier molecular flexibility index (Phi) is 40.5. The molecule has 0 aromatic rings. The van der Waals surface area contributed by atoms with Gasteiger partial charge >= 0.3 is 6.16 Å². The minimum Gasteiger partial charge on any atom is -0.434 e. The molecule has 0 heterocycles. The lowest BCUT2D eigenvalue weighted by Gasteiger charge is -2.10. The van der Waals surface area contributed by atoms with E-state index in [0.717, 1.165) is 38.5 Å². The lowest BCUT2D eigenvalue weighted by Crippen LogP contribution is -2.09. The van der Waals surface area contributed by atoms with E-state index >= 15 is 0 Å². The van der Waals surface area contributed by atoms with Crippen LogP contribution in [0.1, 0.15) is 214 Å². The van der Waals surface area contributed by atoms with Crippen molar-refractivity contribution >= 4 is 6.16 Å². The number of ether oxygens (including phenoxy) is 2. The van der Waals surface area contributed by atoms with E-state index in [4.69, 9.17) is 9.47 Å². The van der Waals surface area contributed by atoms with Crippen molar-refractivity contribution in [1.82, 2.24) is 0 Å². The summed E-state index contributed by atoms with van der Waals surface area (Å²) >= 11 is 0. The van der Waals surface area contributed by atoms with E-state index < -0.39 is 6.16 Å². The zero-order valence-corrected chi connectivity index (χ0v) is 28.7. The molecular formula is C37H76O4. The maximum Gasteiger partial charge on any atom is 0.508 e. The molecule has 1 atom stereocenters. The first-order chi connectivity index (χ1) is 20.1. The molecule has 0 rings (SSSR count). The van der Waals surface area contributed by atoms with Crippen LogP contribution in [0.3, 0.4) is 0 Å². The molecule has 0 saturated carbocycles. The van der Waals surface area contributed by atoms with E-state index in [1.54, 1.807) is 0 Å². The van der Waals surface area contributed by atoms with Gasteiger partial charge in [-0.15, -0.1) is 0 Å². The fraction of sp³-hybridized carbons (Fsp3) is 0.973. The molecule has 0 saturated heterocycles. The van der Waals surface area contributed by atoms with Crippen LogP contribution < -0.4 is 0 Å². The molecule has 1 unspecified atom stereocenters. The summed E-state index contributed by atoms with van der Waals surface area (Å²) in [4.78, 5) is 11.3. The molecule has 0 bridgehead atoms. The van der Waals surface area contributed by atoms with Crippen molar-refractivity contribution in [3.63, 3.8) is 0 Å². The Labute approximate surface area is 258 Å². The van der Waals surface area contributed by atoms with Crippen molar-refractivity contribution in [3.8, 4) is 0 Å². The molecule has 0 amide bonds. The summed E-state index contributed by atoms with van der Waals surface area (Å²) in [5, 5.41) is 9.95. The van der Waals surface area contributed by atoms with Crippen molar-refractivity contribution in [1.29, 1.82) is 0 Å². The third-order valence-electron chi connectivity index (χ3n) is 7.97. The lowest BCUT2D eigenvalue weighted by molar-refractivity contribution is 0.0529. The lowest BCUT2D eigenvalue weighted by atomic mass is 10.0.